The van der Waals surface area contributed by atoms with Crippen molar-refractivity contribution >= 4 is 16.4 Å². The standard InChI is InChI=1S/C13H26O2Si2.6CO.2Co/c1-11-13(2,14-11)12(15-17(6,7)8)9-10-16(3,4)5;6*1-2;;/h11-12H,1-8H3;;;;;;;;/t11-,12?,13+;;;;;;;;/m1......../s1. The SMILES string of the molecule is C[C@H]1O[C@]1(C)C(C#C[Si](C)(C)C)O[Si](C)(C)C.[C-]#[O+].[C-]#[O+].[C-]#[O+].[C-]#[O+].[C-]#[O+].[C-]#[O+].[Co].[Co]. The second-order valence-electron chi connectivity index (χ2n) is 7.07. The number of ether oxygens (including phenoxy) is 1. The van der Waals surface area contributed by atoms with E-state index in [1.165, 1.54) is 0 Å². The van der Waals surface area contributed by atoms with Gasteiger partial charge in [-0.25, -0.2) is 0 Å². The number of rotatable bonds is 3. The van der Waals surface area contributed by atoms with Crippen molar-refractivity contribution in [3.8, 4) is 11.5 Å². The van der Waals surface area contributed by atoms with Gasteiger partial charge in [0.1, 0.15) is 19.8 Å². The van der Waals surface area contributed by atoms with E-state index in [2.05, 4.69) is 104 Å². The Balaban J connectivity index is -0.0000000545. The summed E-state index contributed by atoms with van der Waals surface area (Å²) in [6, 6.07) is 0. The Hall–Kier alpha value is -0.633. The molecule has 0 N–H and O–H groups in total. The van der Waals surface area contributed by atoms with Crippen LogP contribution in [-0.2, 0) is 70.6 Å². The maximum Gasteiger partial charge on any atom is 0 e. The molecule has 8 nitrogen and oxygen atoms in total. The van der Waals surface area contributed by atoms with E-state index in [4.69, 9.17) is 37.1 Å². The number of hydrogen-bond donors (Lipinski definition) is 0. The minimum Gasteiger partial charge on any atom is 0 e. The summed E-state index contributed by atoms with van der Waals surface area (Å²) in [6.07, 6.45) is 0.204. The fourth-order valence-corrected chi connectivity index (χ4v) is 3.11. The second kappa shape index (κ2) is 31.6. The Morgan fingerprint density at radius 3 is 1.19 bits per heavy atom. The van der Waals surface area contributed by atoms with Crippen LogP contribution in [0.4, 0.5) is 0 Å². The van der Waals surface area contributed by atoms with Crippen molar-refractivity contribution in [1.82, 2.24) is 0 Å². The first-order chi connectivity index (χ1) is 13.4. The molecule has 1 heterocycles. The van der Waals surface area contributed by atoms with Crippen LogP contribution in [0.1, 0.15) is 13.8 Å². The first-order valence-electron chi connectivity index (χ1n) is 7.55. The normalized spacial score (nSPS) is 17.1. The van der Waals surface area contributed by atoms with Gasteiger partial charge >= 0.3 is 67.8 Å². The van der Waals surface area contributed by atoms with Gasteiger partial charge in [0.25, 0.3) is 0 Å². The van der Waals surface area contributed by atoms with E-state index in [1.807, 2.05) is 0 Å². The molecule has 0 aromatic heterocycles. The summed E-state index contributed by atoms with van der Waals surface area (Å²) in [5, 5.41) is 0. The first kappa shape index (κ1) is 52.3. The summed E-state index contributed by atoms with van der Waals surface area (Å²) in [5.74, 6) is 3.35. The van der Waals surface area contributed by atoms with Gasteiger partial charge in [-0.05, 0) is 33.5 Å². The topological polar surface area (TPSA) is 141 Å². The first-order valence-corrected chi connectivity index (χ1v) is 14.5. The Bertz CT molecular complexity index is 544. The zero-order valence-corrected chi connectivity index (χ0v) is 22.7. The van der Waals surface area contributed by atoms with Gasteiger partial charge in [-0.1, -0.05) is 25.6 Å². The Kier molecular flexibility index (Phi) is 53.3. The van der Waals surface area contributed by atoms with Crippen molar-refractivity contribution < 1.29 is 70.6 Å². The maximum atomic E-state index is 7.50. The van der Waals surface area contributed by atoms with E-state index in [-0.39, 0.29) is 51.4 Å². The van der Waals surface area contributed by atoms with Crippen molar-refractivity contribution in [3.63, 3.8) is 0 Å². The molecule has 1 unspecified atom stereocenters. The third kappa shape index (κ3) is 34.2. The third-order valence-electron chi connectivity index (χ3n) is 2.75. The van der Waals surface area contributed by atoms with Gasteiger partial charge in [-0.15, -0.1) is 5.54 Å². The van der Waals surface area contributed by atoms with Crippen molar-refractivity contribution in [2.24, 2.45) is 0 Å². The van der Waals surface area contributed by atoms with Gasteiger partial charge in [-0.3, -0.25) is 0 Å². The summed E-state index contributed by atoms with van der Waals surface area (Å²) in [5.41, 5.74) is 3.23. The molecule has 0 aromatic carbocycles. The number of hydrogen-bond acceptors (Lipinski definition) is 2. The molecule has 0 aromatic rings. The van der Waals surface area contributed by atoms with Gasteiger partial charge < -0.3 is 9.16 Å². The van der Waals surface area contributed by atoms with Crippen molar-refractivity contribution in [3.05, 3.63) is 39.9 Å². The van der Waals surface area contributed by atoms with E-state index in [0.717, 1.165) is 0 Å². The second-order valence-corrected chi connectivity index (χ2v) is 16.3. The van der Waals surface area contributed by atoms with Crippen LogP contribution in [-0.4, -0.2) is 34.2 Å². The van der Waals surface area contributed by atoms with Crippen LogP contribution in [0.25, 0.3) is 0 Å². The van der Waals surface area contributed by atoms with Gasteiger partial charge in [0.2, 0.25) is 0 Å². The summed E-state index contributed by atoms with van der Waals surface area (Å²) in [6.45, 7) is 44.6. The van der Waals surface area contributed by atoms with E-state index in [0.29, 0.717) is 0 Å². The molecule has 1 rings (SSSR count). The molecule has 2 radical (unpaired) electrons. The molecule has 1 saturated heterocycles. The summed E-state index contributed by atoms with van der Waals surface area (Å²) >= 11 is 0. The molecular weight excluding hydrogens is 530 g/mol. The van der Waals surface area contributed by atoms with Crippen molar-refractivity contribution in [2.75, 3.05) is 0 Å². The largest absolute Gasteiger partial charge is 0 e. The van der Waals surface area contributed by atoms with Crippen LogP contribution in [0.2, 0.25) is 39.3 Å². The molecule has 0 bridgehead atoms. The zero-order chi connectivity index (χ0) is 25.5. The molecule has 0 saturated carbocycles. The molecule has 31 heavy (non-hydrogen) atoms. The van der Waals surface area contributed by atoms with Crippen LogP contribution in [0.15, 0.2) is 0 Å². The summed E-state index contributed by atoms with van der Waals surface area (Å²) in [7, 11) is -2.93. The average molecular weight is 556 g/mol. The van der Waals surface area contributed by atoms with E-state index >= 15 is 0 Å². The Morgan fingerprint density at radius 1 is 0.774 bits per heavy atom. The molecule has 1 fully saturated rings. The minimum absolute atomic E-state index is 0. The average Bonchev–Trinajstić information content (AvgIpc) is 3.34. The molecular formula is C19H26Co2O8Si2. The predicted molar refractivity (Wildman–Crippen MR) is 102 cm³/mol. The smallest absolute Gasteiger partial charge is 0 e. The van der Waals surface area contributed by atoms with Crippen molar-refractivity contribution in [1.29, 1.82) is 0 Å². The molecule has 0 amide bonds. The van der Waals surface area contributed by atoms with Gasteiger partial charge in [0.05, 0.1) is 6.10 Å². The quantitative estimate of drug-likeness (QED) is 0.173. The molecule has 1 aliphatic rings. The molecule has 0 spiro atoms. The molecule has 0 aliphatic carbocycles. The van der Waals surface area contributed by atoms with Gasteiger partial charge in [0, 0.05) is 33.6 Å². The minimum atomic E-state index is -1.58. The van der Waals surface area contributed by atoms with E-state index in [1.54, 1.807) is 0 Å². The van der Waals surface area contributed by atoms with Crippen LogP contribution in [0.3, 0.4) is 0 Å². The van der Waals surface area contributed by atoms with E-state index in [9.17, 15) is 0 Å². The predicted octanol–water partition coefficient (Wildman–Crippen LogP) is 3.03. The number of epoxide rings is 1. The third-order valence-corrected chi connectivity index (χ3v) is 4.59. The van der Waals surface area contributed by atoms with Crippen molar-refractivity contribution in [2.45, 2.75) is 70.9 Å². The van der Waals surface area contributed by atoms with Crippen LogP contribution in [0.5, 0.6) is 0 Å². The van der Waals surface area contributed by atoms with Gasteiger partial charge in [-0.2, -0.15) is 0 Å². The van der Waals surface area contributed by atoms with Crippen LogP contribution < -0.4 is 0 Å². The summed E-state index contributed by atoms with van der Waals surface area (Å²) in [4.78, 5) is 0. The fraction of sp³-hybridized carbons (Fsp3) is 0.579. The molecule has 1 aliphatic heterocycles. The molecule has 176 valence electrons. The van der Waals surface area contributed by atoms with Crippen LogP contribution >= 0.6 is 0 Å². The maximum absolute atomic E-state index is 7.50. The molecule has 12 heteroatoms. The fourth-order valence-electron chi connectivity index (χ4n) is 1.55. The van der Waals surface area contributed by atoms with Crippen LogP contribution in [0, 0.1) is 51.4 Å². The Labute approximate surface area is 208 Å². The zero-order valence-electron chi connectivity index (χ0n) is 18.6. The van der Waals surface area contributed by atoms with Gasteiger partial charge in [0.15, 0.2) is 8.32 Å². The monoisotopic (exact) mass is 556 g/mol. The molecule has 3 atom stereocenters. The van der Waals surface area contributed by atoms with E-state index < -0.39 is 16.4 Å². The summed E-state index contributed by atoms with van der Waals surface area (Å²) < 4.78 is 56.9. The Morgan fingerprint density at radius 2 is 1.03 bits per heavy atom.